The molecule has 0 spiro atoms. The van der Waals surface area contributed by atoms with Crippen molar-refractivity contribution in [2.24, 2.45) is 0 Å². The number of benzene rings is 1. The number of hydrogen-bond donors (Lipinski definition) is 2. The van der Waals surface area contributed by atoms with Crippen molar-refractivity contribution in [3.63, 3.8) is 0 Å². The molecule has 2 N–H and O–H groups in total. The van der Waals surface area contributed by atoms with Gasteiger partial charge in [-0.15, -0.1) is 0 Å². The third kappa shape index (κ3) is 3.80. The molecule has 2 rings (SSSR count). The second-order valence-corrected chi connectivity index (χ2v) is 5.03. The number of nitrogens with zero attached hydrogens (tertiary/aromatic N) is 2. The fourth-order valence-corrected chi connectivity index (χ4v) is 2.49. The molecule has 1 aromatic rings. The van der Waals surface area contributed by atoms with Crippen LogP contribution in [0.25, 0.3) is 0 Å². The number of rotatable bonds is 5. The lowest BCUT2D eigenvalue weighted by atomic mass is 10.1. The Morgan fingerprint density at radius 1 is 1.45 bits per heavy atom. The highest BCUT2D eigenvalue weighted by Gasteiger charge is 2.25. The van der Waals surface area contributed by atoms with Crippen LogP contribution in [0.5, 0.6) is 0 Å². The zero-order chi connectivity index (χ0) is 14.4. The van der Waals surface area contributed by atoms with E-state index < -0.39 is 0 Å². The third-order valence-corrected chi connectivity index (χ3v) is 3.58. The maximum atomic E-state index is 12.0. The van der Waals surface area contributed by atoms with Crippen LogP contribution in [0.1, 0.15) is 18.4 Å². The smallest absolute Gasteiger partial charge is 0.238 e. The van der Waals surface area contributed by atoms with Crippen molar-refractivity contribution < 1.29 is 9.90 Å². The first kappa shape index (κ1) is 14.5. The normalized spacial score (nSPS) is 18.7. The predicted octanol–water partition coefficient (Wildman–Crippen LogP) is 1.15. The maximum absolute atomic E-state index is 12.0. The van der Waals surface area contributed by atoms with Crippen LogP contribution in [-0.2, 0) is 11.2 Å². The van der Waals surface area contributed by atoms with Crippen LogP contribution in [0.4, 0.5) is 5.69 Å². The Kier molecular flexibility index (Phi) is 5.10. The van der Waals surface area contributed by atoms with Gasteiger partial charge in [0.2, 0.25) is 5.91 Å². The quantitative estimate of drug-likeness (QED) is 0.843. The molecule has 20 heavy (non-hydrogen) atoms. The molecule has 106 valence electrons. The minimum absolute atomic E-state index is 0.0709. The van der Waals surface area contributed by atoms with E-state index in [2.05, 4.69) is 11.4 Å². The van der Waals surface area contributed by atoms with Gasteiger partial charge in [0.05, 0.1) is 25.6 Å². The van der Waals surface area contributed by atoms with Crippen molar-refractivity contribution in [1.82, 2.24) is 4.90 Å². The number of carbonyl (C=O) groups excluding carboxylic acids is 1. The predicted molar refractivity (Wildman–Crippen MR) is 76.1 cm³/mol. The van der Waals surface area contributed by atoms with Crippen molar-refractivity contribution in [3.8, 4) is 6.07 Å². The number of likely N-dealkylation sites (tertiary alicyclic amines) is 1. The number of nitrogens with one attached hydrogen (secondary N) is 1. The van der Waals surface area contributed by atoms with Gasteiger partial charge in [0.1, 0.15) is 0 Å². The molecule has 1 aromatic carbocycles. The van der Waals surface area contributed by atoms with Gasteiger partial charge >= 0.3 is 0 Å². The molecule has 0 aromatic heterocycles. The summed E-state index contributed by atoms with van der Waals surface area (Å²) in [6.07, 6.45) is 2.36. The first-order valence-corrected chi connectivity index (χ1v) is 6.83. The van der Waals surface area contributed by atoms with Crippen molar-refractivity contribution >= 4 is 11.6 Å². The van der Waals surface area contributed by atoms with Gasteiger partial charge in [-0.1, -0.05) is 12.1 Å². The minimum atomic E-state index is -0.0709. The zero-order valence-corrected chi connectivity index (χ0v) is 11.4. The SMILES string of the molecule is N#CCc1ccc(NC(=O)CN2CCC[C@@H]2CO)cc1. The summed E-state index contributed by atoms with van der Waals surface area (Å²) >= 11 is 0. The Bertz CT molecular complexity index is 493. The summed E-state index contributed by atoms with van der Waals surface area (Å²) in [5, 5.41) is 20.7. The summed E-state index contributed by atoms with van der Waals surface area (Å²) < 4.78 is 0. The molecule has 0 bridgehead atoms. The first-order valence-electron chi connectivity index (χ1n) is 6.83. The highest BCUT2D eigenvalue weighted by atomic mass is 16.3. The van der Waals surface area contributed by atoms with Crippen molar-refractivity contribution in [3.05, 3.63) is 29.8 Å². The molecule has 1 heterocycles. The Morgan fingerprint density at radius 2 is 2.20 bits per heavy atom. The molecular weight excluding hydrogens is 254 g/mol. The zero-order valence-electron chi connectivity index (χ0n) is 11.4. The number of anilines is 1. The summed E-state index contributed by atoms with van der Waals surface area (Å²) in [5.74, 6) is -0.0709. The first-order chi connectivity index (χ1) is 9.72. The maximum Gasteiger partial charge on any atom is 0.238 e. The molecule has 1 aliphatic rings. The number of aliphatic hydroxyl groups excluding tert-OH is 1. The number of aliphatic hydroxyl groups is 1. The molecule has 1 amide bonds. The van der Waals surface area contributed by atoms with E-state index in [1.165, 1.54) is 0 Å². The largest absolute Gasteiger partial charge is 0.395 e. The minimum Gasteiger partial charge on any atom is -0.395 e. The number of hydrogen-bond acceptors (Lipinski definition) is 4. The third-order valence-electron chi connectivity index (χ3n) is 3.58. The Labute approximate surface area is 118 Å². The van der Waals surface area contributed by atoms with Crippen LogP contribution in [0.2, 0.25) is 0 Å². The van der Waals surface area contributed by atoms with Gasteiger partial charge < -0.3 is 10.4 Å². The van der Waals surface area contributed by atoms with E-state index in [1.54, 1.807) is 12.1 Å². The van der Waals surface area contributed by atoms with E-state index in [1.807, 2.05) is 17.0 Å². The molecule has 1 aliphatic heterocycles. The second kappa shape index (κ2) is 7.04. The van der Waals surface area contributed by atoms with Crippen LogP contribution in [0.3, 0.4) is 0 Å². The van der Waals surface area contributed by atoms with Crippen molar-refractivity contribution in [1.29, 1.82) is 5.26 Å². The summed E-state index contributed by atoms with van der Waals surface area (Å²) in [4.78, 5) is 14.0. The van der Waals surface area contributed by atoms with Crippen LogP contribution >= 0.6 is 0 Å². The molecule has 0 unspecified atom stereocenters. The molecule has 5 heteroatoms. The van der Waals surface area contributed by atoms with Crippen molar-refractivity contribution in [2.75, 3.05) is 25.0 Å². The molecule has 1 fully saturated rings. The molecular formula is C15H19N3O2. The number of nitriles is 1. The van der Waals surface area contributed by atoms with E-state index in [9.17, 15) is 9.90 Å². The molecule has 1 atom stereocenters. The van der Waals surface area contributed by atoms with E-state index in [0.717, 1.165) is 30.6 Å². The van der Waals surface area contributed by atoms with Gasteiger partial charge in [-0.2, -0.15) is 5.26 Å². The van der Waals surface area contributed by atoms with Gasteiger partial charge in [-0.05, 0) is 37.1 Å². The topological polar surface area (TPSA) is 76.4 Å². The standard InChI is InChI=1S/C15H19N3O2/c16-8-7-12-3-5-13(6-4-12)17-15(20)10-18-9-1-2-14(18)11-19/h3-6,14,19H,1-2,7,9-11H2,(H,17,20)/t14-/m1/s1. The summed E-state index contributed by atoms with van der Waals surface area (Å²) in [6, 6.07) is 9.48. The fourth-order valence-electron chi connectivity index (χ4n) is 2.49. The molecule has 1 saturated heterocycles. The Morgan fingerprint density at radius 3 is 2.85 bits per heavy atom. The number of carbonyl (C=O) groups is 1. The van der Waals surface area contributed by atoms with E-state index in [0.29, 0.717) is 13.0 Å². The highest BCUT2D eigenvalue weighted by molar-refractivity contribution is 5.92. The summed E-state index contributed by atoms with van der Waals surface area (Å²) in [6.45, 7) is 1.28. The second-order valence-electron chi connectivity index (χ2n) is 5.03. The average molecular weight is 273 g/mol. The lowest BCUT2D eigenvalue weighted by molar-refractivity contribution is -0.117. The lowest BCUT2D eigenvalue weighted by Gasteiger charge is -2.21. The van der Waals surface area contributed by atoms with Crippen LogP contribution < -0.4 is 5.32 Å². The average Bonchev–Trinajstić information content (AvgIpc) is 2.88. The van der Waals surface area contributed by atoms with Gasteiger partial charge in [0, 0.05) is 11.7 Å². The van der Waals surface area contributed by atoms with E-state index >= 15 is 0 Å². The fraction of sp³-hybridized carbons (Fsp3) is 0.467. The lowest BCUT2D eigenvalue weighted by Crippen LogP contribution is -2.38. The van der Waals surface area contributed by atoms with Crippen LogP contribution in [0.15, 0.2) is 24.3 Å². The van der Waals surface area contributed by atoms with Gasteiger partial charge in [-0.3, -0.25) is 9.69 Å². The monoisotopic (exact) mass is 273 g/mol. The Hall–Kier alpha value is -1.90. The Balaban J connectivity index is 1.86. The molecule has 0 aliphatic carbocycles. The van der Waals surface area contributed by atoms with E-state index in [-0.39, 0.29) is 18.6 Å². The number of amides is 1. The van der Waals surface area contributed by atoms with Crippen LogP contribution in [-0.4, -0.2) is 41.7 Å². The van der Waals surface area contributed by atoms with Gasteiger partial charge in [0.15, 0.2) is 0 Å². The summed E-state index contributed by atoms with van der Waals surface area (Å²) in [5.41, 5.74) is 1.67. The van der Waals surface area contributed by atoms with Crippen molar-refractivity contribution in [2.45, 2.75) is 25.3 Å². The molecule has 0 saturated carbocycles. The molecule has 0 radical (unpaired) electrons. The summed E-state index contributed by atoms with van der Waals surface area (Å²) in [7, 11) is 0. The van der Waals surface area contributed by atoms with Gasteiger partial charge in [0.25, 0.3) is 0 Å². The van der Waals surface area contributed by atoms with Gasteiger partial charge in [-0.25, -0.2) is 0 Å². The molecule has 5 nitrogen and oxygen atoms in total. The van der Waals surface area contributed by atoms with Crippen LogP contribution in [0, 0.1) is 11.3 Å². The van der Waals surface area contributed by atoms with E-state index in [4.69, 9.17) is 5.26 Å². The highest BCUT2D eigenvalue weighted by Crippen LogP contribution is 2.16.